The number of hydrogen-bond donors (Lipinski definition) is 2. The summed E-state index contributed by atoms with van der Waals surface area (Å²) in [7, 11) is 0. The van der Waals surface area contributed by atoms with E-state index in [1.54, 1.807) is 0 Å². The molecule has 5 nitrogen and oxygen atoms in total. The van der Waals surface area contributed by atoms with Gasteiger partial charge in [-0.1, -0.05) is 84.4 Å². The molecule has 0 radical (unpaired) electrons. The summed E-state index contributed by atoms with van der Waals surface area (Å²) in [5, 5.41) is 7.15. The van der Waals surface area contributed by atoms with Gasteiger partial charge in [0.2, 0.25) is 11.8 Å². The summed E-state index contributed by atoms with van der Waals surface area (Å²) in [5.74, 6) is -0.523. The Morgan fingerprint density at radius 3 is 2.19 bits per heavy atom. The first-order chi connectivity index (χ1) is 15.5. The van der Waals surface area contributed by atoms with Crippen LogP contribution >= 0.6 is 0 Å². The Morgan fingerprint density at radius 1 is 0.844 bits per heavy atom. The van der Waals surface area contributed by atoms with Crippen molar-refractivity contribution < 1.29 is 9.59 Å². The van der Waals surface area contributed by atoms with Crippen LogP contribution in [0.4, 0.5) is 5.69 Å². The van der Waals surface area contributed by atoms with Gasteiger partial charge in [0.25, 0.3) is 0 Å². The Morgan fingerprint density at radius 2 is 1.50 bits per heavy atom. The SMILES string of the molecule is Cc1ccc(NC(=O)CCC(=O)N/N=C(\C=C\c2ccccc2)c2ccccc2)c(C)c1. The highest BCUT2D eigenvalue weighted by molar-refractivity contribution is 6.11. The topological polar surface area (TPSA) is 70.6 Å². The summed E-state index contributed by atoms with van der Waals surface area (Å²) in [4.78, 5) is 24.5. The quantitative estimate of drug-likeness (QED) is 0.382. The molecule has 0 atom stereocenters. The molecule has 3 rings (SSSR count). The molecule has 3 aromatic carbocycles. The van der Waals surface area contributed by atoms with E-state index in [1.165, 1.54) is 0 Å². The van der Waals surface area contributed by atoms with Crippen LogP contribution in [0.3, 0.4) is 0 Å². The number of nitrogens with one attached hydrogen (secondary N) is 2. The lowest BCUT2D eigenvalue weighted by atomic mass is 10.1. The van der Waals surface area contributed by atoms with Crippen molar-refractivity contribution in [3.63, 3.8) is 0 Å². The number of rotatable bonds is 8. The second-order valence-electron chi connectivity index (χ2n) is 7.51. The fourth-order valence-electron chi connectivity index (χ4n) is 3.12. The molecule has 0 fully saturated rings. The van der Waals surface area contributed by atoms with E-state index in [1.807, 2.05) is 105 Å². The van der Waals surface area contributed by atoms with Crippen LogP contribution in [0.1, 0.15) is 35.1 Å². The molecule has 2 N–H and O–H groups in total. The van der Waals surface area contributed by atoms with Gasteiger partial charge in [-0.05, 0) is 37.1 Å². The number of benzene rings is 3. The van der Waals surface area contributed by atoms with E-state index in [4.69, 9.17) is 0 Å². The molecule has 0 aromatic heterocycles. The van der Waals surface area contributed by atoms with Crippen molar-refractivity contribution in [2.45, 2.75) is 26.7 Å². The minimum absolute atomic E-state index is 0.0463. The molecule has 0 unspecified atom stereocenters. The number of aryl methyl sites for hydroxylation is 2. The van der Waals surface area contributed by atoms with E-state index in [0.717, 1.165) is 27.9 Å². The van der Waals surface area contributed by atoms with Crippen LogP contribution in [0.15, 0.2) is 90.0 Å². The Labute approximate surface area is 188 Å². The molecule has 0 saturated heterocycles. The van der Waals surface area contributed by atoms with Crippen LogP contribution < -0.4 is 10.7 Å². The lowest BCUT2D eigenvalue weighted by Crippen LogP contribution is -2.22. The van der Waals surface area contributed by atoms with E-state index < -0.39 is 0 Å². The number of hydrazone groups is 1. The average Bonchev–Trinajstić information content (AvgIpc) is 2.81. The first-order valence-electron chi connectivity index (χ1n) is 10.5. The monoisotopic (exact) mass is 425 g/mol. The third-order valence-electron chi connectivity index (χ3n) is 4.84. The maximum atomic E-state index is 12.3. The molecule has 2 amide bonds. The van der Waals surface area contributed by atoms with Crippen LogP contribution in [0.5, 0.6) is 0 Å². The van der Waals surface area contributed by atoms with Crippen molar-refractivity contribution in [1.82, 2.24) is 5.43 Å². The molecular formula is C27H27N3O2. The smallest absolute Gasteiger partial charge is 0.240 e. The third kappa shape index (κ3) is 7.06. The highest BCUT2D eigenvalue weighted by Gasteiger charge is 2.09. The van der Waals surface area contributed by atoms with E-state index in [0.29, 0.717) is 5.71 Å². The van der Waals surface area contributed by atoms with E-state index in [2.05, 4.69) is 15.8 Å². The van der Waals surface area contributed by atoms with Gasteiger partial charge in [0.05, 0.1) is 5.71 Å². The summed E-state index contributed by atoms with van der Waals surface area (Å²) in [6.45, 7) is 3.94. The van der Waals surface area contributed by atoms with Gasteiger partial charge < -0.3 is 5.32 Å². The Bertz CT molecular complexity index is 1120. The molecule has 0 aliphatic carbocycles. The van der Waals surface area contributed by atoms with Crippen molar-refractivity contribution >= 4 is 29.3 Å². The number of hydrogen-bond acceptors (Lipinski definition) is 3. The van der Waals surface area contributed by atoms with Crippen molar-refractivity contribution in [3.8, 4) is 0 Å². The van der Waals surface area contributed by atoms with Crippen molar-refractivity contribution in [3.05, 3.63) is 107 Å². The number of carbonyl (C=O) groups is 2. The first-order valence-corrected chi connectivity index (χ1v) is 10.5. The lowest BCUT2D eigenvalue weighted by Gasteiger charge is -2.09. The van der Waals surface area contributed by atoms with Crippen molar-refractivity contribution in [1.29, 1.82) is 0 Å². The van der Waals surface area contributed by atoms with Gasteiger partial charge >= 0.3 is 0 Å². The summed E-state index contributed by atoms with van der Waals surface area (Å²) >= 11 is 0. The Kier molecular flexibility index (Phi) is 8.09. The van der Waals surface area contributed by atoms with Crippen LogP contribution in [0, 0.1) is 13.8 Å². The van der Waals surface area contributed by atoms with Gasteiger partial charge in [-0.2, -0.15) is 5.10 Å². The second-order valence-corrected chi connectivity index (χ2v) is 7.51. The van der Waals surface area contributed by atoms with Crippen molar-refractivity contribution in [2.24, 2.45) is 5.10 Å². The molecule has 0 spiro atoms. The second kappa shape index (κ2) is 11.4. The first kappa shape index (κ1) is 22.7. The number of allylic oxidation sites excluding steroid dienone is 1. The molecule has 0 saturated carbocycles. The minimum Gasteiger partial charge on any atom is -0.326 e. The Balaban J connectivity index is 1.60. The van der Waals surface area contributed by atoms with Gasteiger partial charge in [0.1, 0.15) is 0 Å². The summed E-state index contributed by atoms with van der Waals surface area (Å²) < 4.78 is 0. The minimum atomic E-state index is -0.317. The molecule has 0 aliphatic rings. The van der Waals surface area contributed by atoms with Gasteiger partial charge in [0.15, 0.2) is 0 Å². The molecule has 0 bridgehead atoms. The van der Waals surface area contributed by atoms with Gasteiger partial charge in [-0.25, -0.2) is 5.43 Å². The average molecular weight is 426 g/mol. The predicted molar refractivity (Wildman–Crippen MR) is 130 cm³/mol. The molecule has 0 heterocycles. The van der Waals surface area contributed by atoms with Crippen LogP contribution in [-0.4, -0.2) is 17.5 Å². The molecule has 0 aliphatic heterocycles. The molecule has 5 heteroatoms. The highest BCUT2D eigenvalue weighted by atomic mass is 16.2. The van der Waals surface area contributed by atoms with E-state index in [-0.39, 0.29) is 24.7 Å². The van der Waals surface area contributed by atoms with Crippen molar-refractivity contribution in [2.75, 3.05) is 5.32 Å². The van der Waals surface area contributed by atoms with E-state index in [9.17, 15) is 9.59 Å². The van der Waals surface area contributed by atoms with E-state index >= 15 is 0 Å². The molecule has 162 valence electrons. The zero-order chi connectivity index (χ0) is 22.8. The number of nitrogens with zero attached hydrogens (tertiary/aromatic N) is 1. The standard InChI is InChI=1S/C27H27N3O2/c1-20-13-15-24(21(2)19-20)28-26(31)17-18-27(32)30-29-25(23-11-7-4-8-12-23)16-14-22-9-5-3-6-10-22/h3-16,19H,17-18H2,1-2H3,(H,28,31)(H,30,32)/b16-14+,29-25+. The zero-order valence-electron chi connectivity index (χ0n) is 18.3. The molecular weight excluding hydrogens is 398 g/mol. The highest BCUT2D eigenvalue weighted by Crippen LogP contribution is 2.16. The van der Waals surface area contributed by atoms with Crippen LogP contribution in [-0.2, 0) is 9.59 Å². The normalized spacial score (nSPS) is 11.4. The number of amides is 2. The maximum absolute atomic E-state index is 12.3. The largest absolute Gasteiger partial charge is 0.326 e. The zero-order valence-corrected chi connectivity index (χ0v) is 18.3. The molecule has 3 aromatic rings. The third-order valence-corrected chi connectivity index (χ3v) is 4.84. The maximum Gasteiger partial charge on any atom is 0.240 e. The predicted octanol–water partition coefficient (Wildman–Crippen LogP) is 5.26. The summed E-state index contributed by atoms with van der Waals surface area (Å²) in [5.41, 5.74) is 8.00. The Hall–Kier alpha value is -3.99. The molecule has 32 heavy (non-hydrogen) atoms. The summed E-state index contributed by atoms with van der Waals surface area (Å²) in [6.07, 6.45) is 3.92. The van der Waals surface area contributed by atoms with Crippen LogP contribution in [0.25, 0.3) is 6.08 Å². The fourth-order valence-corrected chi connectivity index (χ4v) is 3.12. The summed E-state index contributed by atoms with van der Waals surface area (Å²) in [6, 6.07) is 25.3. The lowest BCUT2D eigenvalue weighted by molar-refractivity contribution is -0.124. The number of carbonyl (C=O) groups excluding carboxylic acids is 2. The van der Waals surface area contributed by atoms with Crippen LogP contribution in [0.2, 0.25) is 0 Å². The van der Waals surface area contributed by atoms with Gasteiger partial charge in [-0.15, -0.1) is 0 Å². The van der Waals surface area contributed by atoms with Gasteiger partial charge in [-0.3, -0.25) is 9.59 Å². The fraction of sp³-hybridized carbons (Fsp3) is 0.148. The van der Waals surface area contributed by atoms with Gasteiger partial charge in [0, 0.05) is 24.1 Å². The number of anilines is 1.